The van der Waals surface area contributed by atoms with Crippen LogP contribution in [0.4, 0.5) is 17.1 Å². The summed E-state index contributed by atoms with van der Waals surface area (Å²) in [5.74, 6) is 0.653. The summed E-state index contributed by atoms with van der Waals surface area (Å²) in [4.78, 5) is 43.5. The Morgan fingerprint density at radius 1 is 0.750 bits per heavy atom. The summed E-state index contributed by atoms with van der Waals surface area (Å²) >= 11 is 0. The minimum Gasteiger partial charge on any atom is -0.492 e. The van der Waals surface area contributed by atoms with Crippen molar-refractivity contribution in [1.29, 1.82) is 0 Å². The Morgan fingerprint density at radius 3 is 1.77 bits per heavy atom. The van der Waals surface area contributed by atoms with Gasteiger partial charge in [-0.3, -0.25) is 34.9 Å². The fourth-order valence-corrected chi connectivity index (χ4v) is 4.82. The van der Waals surface area contributed by atoms with E-state index in [1.54, 1.807) is 11.9 Å². The van der Waals surface area contributed by atoms with Crippen LogP contribution < -0.4 is 14.4 Å². The number of hydrogen-bond acceptors (Lipinski definition) is 9. The number of ether oxygens (including phenoxy) is 2. The molecule has 1 atom stereocenters. The second kappa shape index (κ2) is 13.6. The van der Waals surface area contributed by atoms with E-state index in [-0.39, 0.29) is 43.6 Å². The van der Waals surface area contributed by atoms with E-state index in [1.165, 1.54) is 48.5 Å². The first-order valence-corrected chi connectivity index (χ1v) is 13.8. The number of rotatable bonds is 12. The zero-order valence-electron chi connectivity index (χ0n) is 23.8. The molecule has 1 amide bonds. The lowest BCUT2D eigenvalue weighted by Gasteiger charge is -2.30. The van der Waals surface area contributed by atoms with Gasteiger partial charge in [0.2, 0.25) is 0 Å². The topological polar surface area (TPSA) is 141 Å². The molecule has 0 N–H and O–H groups in total. The highest BCUT2D eigenvalue weighted by atomic mass is 16.6. The molecular formula is C32H29N5O7. The molecular weight excluding hydrogens is 566 g/mol. The van der Waals surface area contributed by atoms with Crippen molar-refractivity contribution in [2.24, 2.45) is 4.99 Å². The van der Waals surface area contributed by atoms with Gasteiger partial charge in [0.25, 0.3) is 17.3 Å². The molecule has 0 spiro atoms. The van der Waals surface area contributed by atoms with E-state index in [9.17, 15) is 25.0 Å². The van der Waals surface area contributed by atoms with E-state index in [0.29, 0.717) is 17.2 Å². The van der Waals surface area contributed by atoms with Crippen molar-refractivity contribution in [3.8, 4) is 11.5 Å². The number of hydrogen-bond donors (Lipinski definition) is 0. The number of carbonyl (C=O) groups is 1. The van der Waals surface area contributed by atoms with Gasteiger partial charge in [0, 0.05) is 55.5 Å². The first-order valence-electron chi connectivity index (χ1n) is 13.8. The predicted octanol–water partition coefficient (Wildman–Crippen LogP) is 5.10. The van der Waals surface area contributed by atoms with E-state index in [4.69, 9.17) is 14.5 Å². The number of nitrogens with zero attached hydrogens (tertiary/aromatic N) is 5. The number of non-ortho nitro benzene ring substituents is 2. The molecule has 0 unspecified atom stereocenters. The van der Waals surface area contributed by atoms with Gasteiger partial charge < -0.3 is 14.4 Å². The number of para-hydroxylation sites is 1. The average Bonchev–Trinajstić information content (AvgIpc) is 3.15. The first-order chi connectivity index (χ1) is 21.3. The standard InChI is InChI=1S/C32H29N5O7/c1-34-29-10-6-5-9-28(29)30(23-7-3-2-4-8-23)33-31(32(34)38)35(19-21-43-26-15-11-24(12-16-26)36(39)40)20-22-44-27-17-13-25(14-18-27)37(41)42/h2-18,31H,19-22H2,1H3/t31-/m0/s1. The first kappa shape index (κ1) is 29.9. The van der Waals surface area contributed by atoms with Gasteiger partial charge in [0.15, 0.2) is 6.17 Å². The number of amides is 1. The van der Waals surface area contributed by atoms with Crippen molar-refractivity contribution in [3.63, 3.8) is 0 Å². The van der Waals surface area contributed by atoms with E-state index in [0.717, 1.165) is 16.8 Å². The molecule has 0 aliphatic carbocycles. The number of benzodiazepines with no additional fused rings is 1. The van der Waals surface area contributed by atoms with Crippen LogP contribution in [0.2, 0.25) is 0 Å². The zero-order valence-corrected chi connectivity index (χ0v) is 23.8. The molecule has 0 saturated heterocycles. The molecule has 5 rings (SSSR count). The van der Waals surface area contributed by atoms with Gasteiger partial charge >= 0.3 is 0 Å². The largest absolute Gasteiger partial charge is 0.492 e. The third-order valence-electron chi connectivity index (χ3n) is 7.11. The van der Waals surface area contributed by atoms with Crippen LogP contribution in [0.15, 0.2) is 108 Å². The number of anilines is 1. The Hall–Kier alpha value is -5.62. The van der Waals surface area contributed by atoms with Crippen LogP contribution in [0.5, 0.6) is 11.5 Å². The van der Waals surface area contributed by atoms with Gasteiger partial charge in [-0.25, -0.2) is 0 Å². The van der Waals surface area contributed by atoms with Crippen LogP contribution in [0, 0.1) is 20.2 Å². The molecule has 1 heterocycles. The number of carbonyl (C=O) groups excluding carboxylic acids is 1. The molecule has 4 aromatic carbocycles. The Labute approximate surface area is 253 Å². The second-order valence-electron chi connectivity index (χ2n) is 9.87. The van der Waals surface area contributed by atoms with Gasteiger partial charge in [-0.1, -0.05) is 48.5 Å². The lowest BCUT2D eigenvalue weighted by atomic mass is 10.0. The molecule has 0 saturated carbocycles. The van der Waals surface area contributed by atoms with Gasteiger partial charge in [-0.05, 0) is 30.3 Å². The third kappa shape index (κ3) is 6.88. The molecule has 0 fully saturated rings. The highest BCUT2D eigenvalue weighted by Crippen LogP contribution is 2.29. The smallest absolute Gasteiger partial charge is 0.269 e. The van der Waals surface area contributed by atoms with Gasteiger partial charge in [-0.15, -0.1) is 0 Å². The number of likely N-dealkylation sites (N-methyl/N-ethyl adjacent to an activating group) is 1. The molecule has 1 aliphatic rings. The molecule has 0 bridgehead atoms. The average molecular weight is 596 g/mol. The lowest BCUT2D eigenvalue weighted by Crippen LogP contribution is -2.49. The summed E-state index contributed by atoms with van der Waals surface area (Å²) in [6.45, 7) is 0.859. The highest BCUT2D eigenvalue weighted by Gasteiger charge is 2.34. The maximum atomic E-state index is 14.0. The van der Waals surface area contributed by atoms with Crippen LogP contribution in [0.3, 0.4) is 0 Å². The minimum atomic E-state index is -0.927. The van der Waals surface area contributed by atoms with Gasteiger partial charge in [0.05, 0.1) is 21.2 Å². The summed E-state index contributed by atoms with van der Waals surface area (Å²) in [5.41, 5.74) is 2.99. The SMILES string of the molecule is CN1C(=O)[C@H](N(CCOc2ccc([N+](=O)[O-])cc2)CCOc2ccc([N+](=O)[O-])cc2)N=C(c2ccccc2)c2ccccc21. The molecule has 0 radical (unpaired) electrons. The molecule has 0 aromatic heterocycles. The maximum absolute atomic E-state index is 14.0. The van der Waals surface area contributed by atoms with Crippen LogP contribution in [0.25, 0.3) is 0 Å². The van der Waals surface area contributed by atoms with Crippen LogP contribution >= 0.6 is 0 Å². The Morgan fingerprint density at radius 2 is 1.25 bits per heavy atom. The molecule has 4 aromatic rings. The fraction of sp³-hybridized carbons (Fsp3) is 0.188. The summed E-state index contributed by atoms with van der Waals surface area (Å²) in [5, 5.41) is 22.0. The summed E-state index contributed by atoms with van der Waals surface area (Å²) in [6, 6.07) is 28.8. The third-order valence-corrected chi connectivity index (χ3v) is 7.11. The van der Waals surface area contributed by atoms with E-state index in [1.807, 2.05) is 59.5 Å². The summed E-state index contributed by atoms with van der Waals surface area (Å²) < 4.78 is 11.8. The number of benzene rings is 4. The highest BCUT2D eigenvalue weighted by molar-refractivity contribution is 6.20. The van der Waals surface area contributed by atoms with Crippen molar-refractivity contribution >= 4 is 28.7 Å². The van der Waals surface area contributed by atoms with Crippen LogP contribution in [0.1, 0.15) is 11.1 Å². The quantitative estimate of drug-likeness (QED) is 0.163. The fourth-order valence-electron chi connectivity index (χ4n) is 4.82. The molecule has 44 heavy (non-hydrogen) atoms. The number of fused-ring (bicyclic) bond motifs is 1. The summed E-state index contributed by atoms with van der Waals surface area (Å²) in [7, 11) is 1.72. The molecule has 1 aliphatic heterocycles. The lowest BCUT2D eigenvalue weighted by molar-refractivity contribution is -0.385. The van der Waals surface area contributed by atoms with Crippen molar-refractivity contribution in [1.82, 2.24) is 4.90 Å². The van der Waals surface area contributed by atoms with Crippen molar-refractivity contribution in [2.75, 3.05) is 38.3 Å². The second-order valence-corrected chi connectivity index (χ2v) is 9.87. The summed E-state index contributed by atoms with van der Waals surface area (Å²) in [6.07, 6.45) is -0.927. The molecule has 12 nitrogen and oxygen atoms in total. The van der Waals surface area contributed by atoms with Crippen molar-refractivity contribution < 1.29 is 24.1 Å². The van der Waals surface area contributed by atoms with E-state index in [2.05, 4.69) is 0 Å². The predicted molar refractivity (Wildman–Crippen MR) is 164 cm³/mol. The van der Waals surface area contributed by atoms with Crippen LogP contribution in [-0.2, 0) is 4.79 Å². The van der Waals surface area contributed by atoms with Crippen LogP contribution in [-0.4, -0.2) is 65.9 Å². The van der Waals surface area contributed by atoms with Gasteiger partial charge in [0.1, 0.15) is 24.7 Å². The Bertz CT molecular complexity index is 1600. The van der Waals surface area contributed by atoms with Crippen molar-refractivity contribution in [3.05, 3.63) is 134 Å². The van der Waals surface area contributed by atoms with E-state index < -0.39 is 16.0 Å². The van der Waals surface area contributed by atoms with E-state index >= 15 is 0 Å². The number of nitro groups is 2. The maximum Gasteiger partial charge on any atom is 0.269 e. The monoisotopic (exact) mass is 595 g/mol. The number of nitro benzene ring substituents is 2. The molecule has 224 valence electrons. The normalized spacial score (nSPS) is 14.4. The minimum absolute atomic E-state index is 0.0446. The Kier molecular flexibility index (Phi) is 9.21. The Balaban J connectivity index is 1.42. The molecule has 12 heteroatoms. The zero-order chi connectivity index (χ0) is 31.1. The number of aliphatic imine (C=N–C) groups is 1. The van der Waals surface area contributed by atoms with Gasteiger partial charge in [-0.2, -0.15) is 0 Å². The van der Waals surface area contributed by atoms with Crippen molar-refractivity contribution in [2.45, 2.75) is 6.17 Å².